The molecule has 0 saturated carbocycles. The highest BCUT2D eigenvalue weighted by atomic mass is 15.0. The number of hydrogen-bond donors (Lipinski definition) is 1. The smallest absolute Gasteiger partial charge is 0.133 e. The third-order valence-electron chi connectivity index (χ3n) is 3.74. The van der Waals surface area contributed by atoms with E-state index in [-0.39, 0.29) is 0 Å². The van der Waals surface area contributed by atoms with E-state index in [4.69, 9.17) is 9.97 Å². The summed E-state index contributed by atoms with van der Waals surface area (Å²) in [4.78, 5) is 9.50. The van der Waals surface area contributed by atoms with E-state index in [0.717, 1.165) is 30.9 Å². The fourth-order valence-electron chi connectivity index (χ4n) is 2.40. The quantitative estimate of drug-likeness (QED) is 0.814. The molecule has 1 heterocycles. The predicted octanol–water partition coefficient (Wildman–Crippen LogP) is 3.30. The zero-order chi connectivity index (χ0) is 12.3. The van der Waals surface area contributed by atoms with E-state index in [0.29, 0.717) is 5.92 Å². The van der Waals surface area contributed by atoms with E-state index in [1.165, 1.54) is 30.5 Å². The van der Waals surface area contributed by atoms with Gasteiger partial charge in [-0.15, -0.1) is 0 Å². The first-order chi connectivity index (χ1) is 8.26. The molecule has 1 N–H and O–H groups in total. The minimum atomic E-state index is 0.454. The lowest BCUT2D eigenvalue weighted by Crippen LogP contribution is -2.10. The predicted molar refractivity (Wildman–Crippen MR) is 71.5 cm³/mol. The normalized spacial score (nSPS) is 17.1. The van der Waals surface area contributed by atoms with Crippen LogP contribution in [-0.4, -0.2) is 17.0 Å². The molecule has 3 nitrogen and oxygen atoms in total. The van der Waals surface area contributed by atoms with Gasteiger partial charge in [0, 0.05) is 24.2 Å². The Balaban J connectivity index is 2.43. The molecule has 0 amide bonds. The van der Waals surface area contributed by atoms with Gasteiger partial charge in [-0.05, 0) is 32.1 Å². The van der Waals surface area contributed by atoms with Gasteiger partial charge in [0.05, 0.1) is 0 Å². The second-order valence-corrected chi connectivity index (χ2v) is 4.98. The first-order valence-corrected chi connectivity index (χ1v) is 6.83. The van der Waals surface area contributed by atoms with Crippen molar-refractivity contribution in [3.05, 3.63) is 17.1 Å². The maximum atomic E-state index is 4.80. The zero-order valence-corrected chi connectivity index (χ0v) is 11.2. The van der Waals surface area contributed by atoms with Gasteiger partial charge in [0.25, 0.3) is 0 Å². The third kappa shape index (κ3) is 2.59. The number of rotatable bonds is 3. The summed E-state index contributed by atoms with van der Waals surface area (Å²) < 4.78 is 0. The second-order valence-electron chi connectivity index (χ2n) is 4.98. The first kappa shape index (κ1) is 12.3. The fraction of sp³-hybridized carbons (Fsp3) is 0.714. The Labute approximate surface area is 104 Å². The van der Waals surface area contributed by atoms with Gasteiger partial charge < -0.3 is 5.32 Å². The summed E-state index contributed by atoms with van der Waals surface area (Å²) in [5.41, 5.74) is 2.65. The van der Waals surface area contributed by atoms with Gasteiger partial charge in [-0.2, -0.15) is 0 Å². The molecule has 17 heavy (non-hydrogen) atoms. The Morgan fingerprint density at radius 1 is 1.18 bits per heavy atom. The van der Waals surface area contributed by atoms with Crippen LogP contribution in [-0.2, 0) is 12.8 Å². The highest BCUT2D eigenvalue weighted by molar-refractivity contribution is 5.47. The van der Waals surface area contributed by atoms with E-state index in [1.807, 2.05) is 7.05 Å². The molecule has 0 spiro atoms. The van der Waals surface area contributed by atoms with Crippen molar-refractivity contribution < 1.29 is 0 Å². The van der Waals surface area contributed by atoms with Gasteiger partial charge in [0.1, 0.15) is 11.6 Å². The van der Waals surface area contributed by atoms with E-state index in [9.17, 15) is 0 Å². The Morgan fingerprint density at radius 3 is 2.65 bits per heavy atom. The van der Waals surface area contributed by atoms with Crippen molar-refractivity contribution in [3.8, 4) is 0 Å². The van der Waals surface area contributed by atoms with E-state index >= 15 is 0 Å². The molecule has 1 atom stereocenters. The van der Waals surface area contributed by atoms with Crippen molar-refractivity contribution in [2.75, 3.05) is 12.4 Å². The molecule has 1 aliphatic rings. The number of aromatic nitrogens is 2. The minimum absolute atomic E-state index is 0.454. The van der Waals surface area contributed by atoms with Crippen molar-refractivity contribution in [2.24, 2.45) is 0 Å². The summed E-state index contributed by atoms with van der Waals surface area (Å²) in [5.74, 6) is 2.53. The summed E-state index contributed by atoms with van der Waals surface area (Å²) >= 11 is 0. The second kappa shape index (κ2) is 5.48. The number of nitrogens with zero attached hydrogens (tertiary/aromatic N) is 2. The van der Waals surface area contributed by atoms with Crippen LogP contribution in [0.1, 0.15) is 62.5 Å². The van der Waals surface area contributed by atoms with E-state index in [2.05, 4.69) is 19.2 Å². The molecule has 1 aromatic rings. The molecule has 1 unspecified atom stereocenters. The Bertz CT molecular complexity index is 387. The maximum absolute atomic E-state index is 4.80. The van der Waals surface area contributed by atoms with Crippen LogP contribution in [0.25, 0.3) is 0 Å². The Kier molecular flexibility index (Phi) is 3.97. The largest absolute Gasteiger partial charge is 0.373 e. The van der Waals surface area contributed by atoms with Crippen LogP contribution in [0.4, 0.5) is 5.82 Å². The Morgan fingerprint density at radius 2 is 1.94 bits per heavy atom. The van der Waals surface area contributed by atoms with Crippen LogP contribution in [0, 0.1) is 0 Å². The summed E-state index contributed by atoms with van der Waals surface area (Å²) in [7, 11) is 1.97. The topological polar surface area (TPSA) is 37.8 Å². The van der Waals surface area contributed by atoms with Crippen molar-refractivity contribution in [2.45, 2.75) is 58.3 Å². The van der Waals surface area contributed by atoms with Gasteiger partial charge in [-0.1, -0.05) is 20.3 Å². The molecule has 3 heteroatoms. The molecule has 94 valence electrons. The van der Waals surface area contributed by atoms with Crippen LogP contribution in [0.3, 0.4) is 0 Å². The average molecular weight is 233 g/mol. The maximum Gasteiger partial charge on any atom is 0.133 e. The summed E-state index contributed by atoms with van der Waals surface area (Å²) in [6.45, 7) is 4.40. The molecule has 0 bridgehead atoms. The standard InChI is InChI=1S/C14H23N3/c1-4-10(2)13-16-12-9-7-5-6-8-11(12)14(15-3)17-13/h10H,4-9H2,1-3H3,(H,15,16,17). The van der Waals surface area contributed by atoms with Crippen LogP contribution >= 0.6 is 0 Å². The summed E-state index contributed by atoms with van der Waals surface area (Å²) in [6.07, 6.45) is 7.21. The molecule has 1 aliphatic carbocycles. The molecule has 2 rings (SSSR count). The molecule has 1 aromatic heterocycles. The van der Waals surface area contributed by atoms with Crippen LogP contribution in [0.5, 0.6) is 0 Å². The number of fused-ring (bicyclic) bond motifs is 1. The molecule has 0 aliphatic heterocycles. The monoisotopic (exact) mass is 233 g/mol. The van der Waals surface area contributed by atoms with E-state index < -0.39 is 0 Å². The molecule has 0 saturated heterocycles. The van der Waals surface area contributed by atoms with Crippen LogP contribution in [0.15, 0.2) is 0 Å². The van der Waals surface area contributed by atoms with Gasteiger partial charge >= 0.3 is 0 Å². The number of anilines is 1. The number of aryl methyl sites for hydroxylation is 1. The van der Waals surface area contributed by atoms with Crippen molar-refractivity contribution in [1.29, 1.82) is 0 Å². The zero-order valence-electron chi connectivity index (χ0n) is 11.2. The fourth-order valence-corrected chi connectivity index (χ4v) is 2.40. The highest BCUT2D eigenvalue weighted by Crippen LogP contribution is 2.27. The molecular weight excluding hydrogens is 210 g/mol. The lowest BCUT2D eigenvalue weighted by molar-refractivity contribution is 0.666. The lowest BCUT2D eigenvalue weighted by Gasteiger charge is -2.15. The third-order valence-corrected chi connectivity index (χ3v) is 3.74. The molecule has 0 aromatic carbocycles. The SMILES string of the molecule is CCC(C)c1nc2c(c(NC)n1)CCCCC2. The van der Waals surface area contributed by atoms with Crippen LogP contribution < -0.4 is 5.32 Å². The van der Waals surface area contributed by atoms with Crippen molar-refractivity contribution in [3.63, 3.8) is 0 Å². The lowest BCUT2D eigenvalue weighted by atomic mass is 10.1. The van der Waals surface area contributed by atoms with Crippen LogP contribution in [0.2, 0.25) is 0 Å². The minimum Gasteiger partial charge on any atom is -0.373 e. The van der Waals surface area contributed by atoms with Crippen molar-refractivity contribution >= 4 is 5.82 Å². The highest BCUT2D eigenvalue weighted by Gasteiger charge is 2.17. The number of hydrogen-bond acceptors (Lipinski definition) is 3. The van der Waals surface area contributed by atoms with E-state index in [1.54, 1.807) is 0 Å². The van der Waals surface area contributed by atoms with Gasteiger partial charge in [-0.3, -0.25) is 0 Å². The van der Waals surface area contributed by atoms with Gasteiger partial charge in [0.2, 0.25) is 0 Å². The molecular formula is C14H23N3. The summed E-state index contributed by atoms with van der Waals surface area (Å²) in [6, 6.07) is 0. The van der Waals surface area contributed by atoms with Gasteiger partial charge in [0.15, 0.2) is 0 Å². The number of nitrogens with one attached hydrogen (secondary N) is 1. The first-order valence-electron chi connectivity index (χ1n) is 6.83. The average Bonchev–Trinajstić information content (AvgIpc) is 2.61. The van der Waals surface area contributed by atoms with Crippen molar-refractivity contribution in [1.82, 2.24) is 9.97 Å². The molecule has 0 radical (unpaired) electrons. The molecule has 0 fully saturated rings. The van der Waals surface area contributed by atoms with Gasteiger partial charge in [-0.25, -0.2) is 9.97 Å². The summed E-state index contributed by atoms with van der Waals surface area (Å²) in [5, 5.41) is 3.25. The Hall–Kier alpha value is -1.12.